The first-order chi connectivity index (χ1) is 5.76. The molecule has 0 saturated carbocycles. The third-order valence-electron chi connectivity index (χ3n) is 2.09. The highest BCUT2D eigenvalue weighted by Gasteiger charge is 2.48. The first-order valence-electron chi connectivity index (χ1n) is 3.47. The molecule has 2 rings (SSSR count). The van der Waals surface area contributed by atoms with Crippen molar-refractivity contribution in [1.82, 2.24) is 4.37 Å². The molecule has 0 aromatic carbocycles. The van der Waals surface area contributed by atoms with Crippen LogP contribution in [0.2, 0.25) is 0 Å². The minimum Gasteiger partial charge on any atom is -0.480 e. The second-order valence-corrected chi connectivity index (χ2v) is 3.45. The zero-order valence-corrected chi connectivity index (χ0v) is 7.00. The van der Waals surface area contributed by atoms with Gasteiger partial charge in [-0.05, 0) is 11.5 Å². The Balaban J connectivity index is 2.35. The molecule has 1 aromatic heterocycles. The van der Waals surface area contributed by atoms with Crippen molar-refractivity contribution < 1.29 is 14.6 Å². The van der Waals surface area contributed by atoms with Gasteiger partial charge in [0.15, 0.2) is 0 Å². The molecule has 0 bridgehead atoms. The Morgan fingerprint density at radius 1 is 1.75 bits per heavy atom. The van der Waals surface area contributed by atoms with Gasteiger partial charge in [0.2, 0.25) is 0 Å². The zero-order chi connectivity index (χ0) is 8.60. The fraction of sp³-hybridized carbons (Fsp3) is 0.429. The Labute approximate surface area is 73.0 Å². The van der Waals surface area contributed by atoms with E-state index in [0.29, 0.717) is 0 Å². The summed E-state index contributed by atoms with van der Waals surface area (Å²) < 4.78 is 8.79. The van der Waals surface area contributed by atoms with Gasteiger partial charge in [0.1, 0.15) is 5.41 Å². The van der Waals surface area contributed by atoms with Gasteiger partial charge in [-0.25, -0.2) is 4.37 Å². The van der Waals surface area contributed by atoms with Gasteiger partial charge in [-0.2, -0.15) is 0 Å². The lowest BCUT2D eigenvalue weighted by atomic mass is 9.81. The monoisotopic (exact) mass is 185 g/mol. The molecule has 1 fully saturated rings. The van der Waals surface area contributed by atoms with E-state index in [1.165, 1.54) is 11.5 Å². The summed E-state index contributed by atoms with van der Waals surface area (Å²) in [6.07, 6.45) is 1.60. The molecule has 1 saturated heterocycles. The molecular formula is C7H7NO3S. The topological polar surface area (TPSA) is 59.4 Å². The number of aliphatic carboxylic acids is 1. The Kier molecular flexibility index (Phi) is 1.62. The molecule has 4 nitrogen and oxygen atoms in total. The van der Waals surface area contributed by atoms with Gasteiger partial charge in [0, 0.05) is 17.1 Å². The summed E-state index contributed by atoms with van der Waals surface area (Å²) in [5.41, 5.74) is -0.0567. The number of rotatable bonds is 2. The van der Waals surface area contributed by atoms with E-state index < -0.39 is 11.4 Å². The first kappa shape index (κ1) is 7.70. The van der Waals surface area contributed by atoms with Crippen molar-refractivity contribution in [2.24, 2.45) is 0 Å². The van der Waals surface area contributed by atoms with Crippen LogP contribution in [0.25, 0.3) is 0 Å². The molecule has 1 aliphatic rings. The van der Waals surface area contributed by atoms with Gasteiger partial charge in [-0.3, -0.25) is 4.79 Å². The second-order valence-electron chi connectivity index (χ2n) is 2.79. The maximum absolute atomic E-state index is 10.9. The SMILES string of the molecule is O=C(O)C1(c2cnsc2)COC1. The van der Waals surface area contributed by atoms with Gasteiger partial charge in [-0.1, -0.05) is 0 Å². The number of nitrogens with zero attached hydrogens (tertiary/aromatic N) is 1. The lowest BCUT2D eigenvalue weighted by Gasteiger charge is -2.36. The predicted molar refractivity (Wildman–Crippen MR) is 42.2 cm³/mol. The molecule has 12 heavy (non-hydrogen) atoms. The van der Waals surface area contributed by atoms with Crippen molar-refractivity contribution in [3.63, 3.8) is 0 Å². The molecule has 64 valence electrons. The van der Waals surface area contributed by atoms with Crippen molar-refractivity contribution >= 4 is 17.5 Å². The Bertz CT molecular complexity index is 292. The molecule has 1 aromatic rings. The van der Waals surface area contributed by atoms with Gasteiger partial charge in [0.25, 0.3) is 0 Å². The third-order valence-corrected chi connectivity index (χ3v) is 2.68. The van der Waals surface area contributed by atoms with Gasteiger partial charge < -0.3 is 9.84 Å². The van der Waals surface area contributed by atoms with E-state index in [0.717, 1.165) is 5.56 Å². The number of aromatic nitrogens is 1. The van der Waals surface area contributed by atoms with Gasteiger partial charge >= 0.3 is 5.97 Å². The maximum atomic E-state index is 10.9. The van der Waals surface area contributed by atoms with Gasteiger partial charge in [-0.15, -0.1) is 0 Å². The summed E-state index contributed by atoms with van der Waals surface area (Å²) in [6, 6.07) is 0. The van der Waals surface area contributed by atoms with E-state index in [4.69, 9.17) is 9.84 Å². The number of hydrogen-bond acceptors (Lipinski definition) is 4. The van der Waals surface area contributed by atoms with E-state index >= 15 is 0 Å². The normalized spacial score (nSPS) is 20.0. The summed E-state index contributed by atoms with van der Waals surface area (Å²) in [7, 11) is 0. The second kappa shape index (κ2) is 2.53. The average Bonchev–Trinajstić information content (AvgIpc) is 2.35. The highest BCUT2D eigenvalue weighted by atomic mass is 32.1. The van der Waals surface area contributed by atoms with E-state index in [1.54, 1.807) is 11.6 Å². The van der Waals surface area contributed by atoms with Crippen molar-refractivity contribution in [3.8, 4) is 0 Å². The van der Waals surface area contributed by atoms with Crippen molar-refractivity contribution in [2.75, 3.05) is 13.2 Å². The molecule has 0 atom stereocenters. The van der Waals surface area contributed by atoms with Crippen LogP contribution >= 0.6 is 11.5 Å². The molecule has 0 aliphatic carbocycles. The number of carboxylic acid groups (broad SMARTS) is 1. The predicted octanol–water partition coefficient (Wildman–Crippen LogP) is 0.496. The number of carbonyl (C=O) groups is 1. The lowest BCUT2D eigenvalue weighted by molar-refractivity contribution is -0.163. The molecule has 2 heterocycles. The van der Waals surface area contributed by atoms with Crippen LogP contribution in [0.5, 0.6) is 0 Å². The minimum atomic E-state index is -0.825. The van der Waals surface area contributed by atoms with Crippen molar-refractivity contribution in [2.45, 2.75) is 5.41 Å². The molecule has 1 aliphatic heterocycles. The Morgan fingerprint density at radius 3 is 2.83 bits per heavy atom. The Morgan fingerprint density at radius 2 is 2.50 bits per heavy atom. The first-order valence-corrected chi connectivity index (χ1v) is 4.30. The Hall–Kier alpha value is -0.940. The van der Waals surface area contributed by atoms with Crippen LogP contribution in [0.15, 0.2) is 11.6 Å². The smallest absolute Gasteiger partial charge is 0.318 e. The quantitative estimate of drug-likeness (QED) is 0.728. The fourth-order valence-electron chi connectivity index (χ4n) is 1.16. The van der Waals surface area contributed by atoms with Crippen LogP contribution in [0.3, 0.4) is 0 Å². The molecule has 0 amide bonds. The van der Waals surface area contributed by atoms with Gasteiger partial charge in [0.05, 0.1) is 13.2 Å². The van der Waals surface area contributed by atoms with Crippen LogP contribution < -0.4 is 0 Å². The average molecular weight is 185 g/mol. The largest absolute Gasteiger partial charge is 0.480 e. The molecule has 0 spiro atoms. The molecule has 0 radical (unpaired) electrons. The lowest BCUT2D eigenvalue weighted by Crippen LogP contribution is -2.52. The number of ether oxygens (including phenoxy) is 1. The molecule has 5 heteroatoms. The highest BCUT2D eigenvalue weighted by Crippen LogP contribution is 2.32. The summed E-state index contributed by atoms with van der Waals surface area (Å²) in [5, 5.41) is 10.7. The maximum Gasteiger partial charge on any atom is 0.318 e. The summed E-state index contributed by atoms with van der Waals surface area (Å²) in [6.45, 7) is 0.529. The number of hydrogen-bond donors (Lipinski definition) is 1. The van der Waals surface area contributed by atoms with Crippen LogP contribution in [0.4, 0.5) is 0 Å². The summed E-state index contributed by atoms with van der Waals surface area (Å²) >= 11 is 1.26. The highest BCUT2D eigenvalue weighted by molar-refractivity contribution is 7.03. The van der Waals surface area contributed by atoms with Crippen LogP contribution in [0.1, 0.15) is 5.56 Å². The van der Waals surface area contributed by atoms with Crippen molar-refractivity contribution in [1.29, 1.82) is 0 Å². The van der Waals surface area contributed by atoms with Crippen LogP contribution in [-0.4, -0.2) is 28.7 Å². The van der Waals surface area contributed by atoms with E-state index in [9.17, 15) is 4.79 Å². The van der Waals surface area contributed by atoms with E-state index in [2.05, 4.69) is 4.37 Å². The minimum absolute atomic E-state index is 0.265. The summed E-state index contributed by atoms with van der Waals surface area (Å²) in [5.74, 6) is -0.825. The number of carboxylic acids is 1. The molecular weight excluding hydrogens is 178 g/mol. The third kappa shape index (κ3) is 0.867. The van der Waals surface area contributed by atoms with E-state index in [1.807, 2.05) is 0 Å². The molecule has 1 N–H and O–H groups in total. The standard InChI is InChI=1S/C7H7NO3S/c9-6(10)7(3-11-4-7)5-1-8-12-2-5/h1-2H,3-4H2,(H,9,10). The van der Waals surface area contributed by atoms with E-state index in [-0.39, 0.29) is 13.2 Å². The summed E-state index contributed by atoms with van der Waals surface area (Å²) in [4.78, 5) is 10.9. The molecule has 0 unspecified atom stereocenters. The fourth-order valence-corrected chi connectivity index (χ4v) is 1.80. The zero-order valence-electron chi connectivity index (χ0n) is 6.19. The van der Waals surface area contributed by atoms with Crippen molar-refractivity contribution in [3.05, 3.63) is 17.1 Å². The van der Waals surface area contributed by atoms with Crippen LogP contribution in [-0.2, 0) is 14.9 Å². The van der Waals surface area contributed by atoms with Crippen LogP contribution in [0, 0.1) is 0 Å².